The van der Waals surface area contributed by atoms with Gasteiger partial charge >= 0.3 is 0 Å². The normalized spacial score (nSPS) is 55.5. The first kappa shape index (κ1) is 16.9. The minimum absolute atomic E-state index is 0.878. The van der Waals surface area contributed by atoms with Crippen molar-refractivity contribution in [3.63, 3.8) is 0 Å². The molecule has 4 unspecified atom stereocenters. The van der Waals surface area contributed by atoms with Gasteiger partial charge in [-0.3, -0.25) is 0 Å². The van der Waals surface area contributed by atoms with E-state index in [0.29, 0.717) is 0 Å². The molecular weight excluding hydrogens is 300 g/mol. The predicted molar refractivity (Wildman–Crippen MR) is 106 cm³/mol. The minimum Gasteiger partial charge on any atom is -0.0993 e. The van der Waals surface area contributed by atoms with Gasteiger partial charge in [0.1, 0.15) is 0 Å². The monoisotopic (exact) mass is 340 g/mol. The summed E-state index contributed by atoms with van der Waals surface area (Å²) in [6.45, 7) is 10.1. The highest BCUT2D eigenvalue weighted by molar-refractivity contribution is 5.20. The highest BCUT2D eigenvalue weighted by Crippen LogP contribution is 2.62. The summed E-state index contributed by atoms with van der Waals surface area (Å²) in [4.78, 5) is 0. The molecule has 0 N–H and O–H groups in total. The van der Waals surface area contributed by atoms with Crippen molar-refractivity contribution in [2.75, 3.05) is 0 Å². The van der Waals surface area contributed by atoms with Crippen molar-refractivity contribution >= 4 is 0 Å². The Kier molecular flexibility index (Phi) is 4.33. The number of fused-ring (bicyclic) bond motifs is 4. The van der Waals surface area contributed by atoms with Gasteiger partial charge in [-0.05, 0) is 91.3 Å². The van der Waals surface area contributed by atoms with Crippen LogP contribution >= 0.6 is 0 Å². The Bertz CT molecular complexity index is 474. The Morgan fingerprint density at radius 2 is 1.00 bits per heavy atom. The summed E-state index contributed by atoms with van der Waals surface area (Å²) >= 11 is 0. The predicted octanol–water partition coefficient (Wildman–Crippen LogP) is 7.10. The van der Waals surface area contributed by atoms with Gasteiger partial charge in [0, 0.05) is 0 Å². The van der Waals surface area contributed by atoms with Crippen molar-refractivity contribution < 1.29 is 0 Å². The number of allylic oxidation sites excluding steroid dienone is 1. The number of rotatable bonds is 0. The minimum atomic E-state index is 0.878. The van der Waals surface area contributed by atoms with Crippen molar-refractivity contribution in [2.24, 2.45) is 59.2 Å². The zero-order valence-electron chi connectivity index (χ0n) is 16.8. The zero-order chi connectivity index (χ0) is 17.1. The second kappa shape index (κ2) is 6.42. The standard InChI is InChI=1S/C25H40/c1-15-22-10-6-4-8-18(22)12-20-14-21-13-19-9-5-7-11-23(19)16(2)25(21)17(3)24(15)20/h15-16,18-25H,3-14H2,1-2H3/t15-,16+,18-,19+,20?,21?,22+,23-,24?,25?. The molecule has 5 fully saturated rings. The van der Waals surface area contributed by atoms with Gasteiger partial charge < -0.3 is 0 Å². The summed E-state index contributed by atoms with van der Waals surface area (Å²) in [7, 11) is 0. The highest BCUT2D eigenvalue weighted by Gasteiger charge is 2.53. The molecule has 0 heteroatoms. The van der Waals surface area contributed by atoms with E-state index in [4.69, 9.17) is 6.58 Å². The van der Waals surface area contributed by atoms with Crippen molar-refractivity contribution in [2.45, 2.75) is 84.5 Å². The van der Waals surface area contributed by atoms with Gasteiger partial charge in [-0.25, -0.2) is 0 Å². The second-order valence-electron chi connectivity index (χ2n) is 11.0. The van der Waals surface area contributed by atoms with Crippen LogP contribution in [0.5, 0.6) is 0 Å². The molecule has 0 aromatic rings. The first-order valence-corrected chi connectivity index (χ1v) is 11.8. The van der Waals surface area contributed by atoms with Crippen LogP contribution in [0, 0.1) is 59.2 Å². The van der Waals surface area contributed by atoms with Crippen molar-refractivity contribution in [1.82, 2.24) is 0 Å². The fourth-order valence-corrected chi connectivity index (χ4v) is 9.28. The van der Waals surface area contributed by atoms with Crippen LogP contribution in [-0.2, 0) is 0 Å². The fourth-order valence-electron chi connectivity index (χ4n) is 9.28. The zero-order valence-corrected chi connectivity index (χ0v) is 16.8. The first-order chi connectivity index (χ1) is 12.1. The lowest BCUT2D eigenvalue weighted by molar-refractivity contribution is -0.0481. The quantitative estimate of drug-likeness (QED) is 0.412. The molecule has 0 aliphatic heterocycles. The summed E-state index contributed by atoms with van der Waals surface area (Å²) in [5, 5.41) is 0. The maximum absolute atomic E-state index is 4.86. The molecule has 0 aromatic carbocycles. The average molecular weight is 341 g/mol. The SMILES string of the molecule is C=C1C2C(CC3C[C@H]4CCCC[C@H]4[C@@H](C)C13)C[C@@H]1CCCC[C@@H]1[C@@H]2C. The van der Waals surface area contributed by atoms with Crippen LogP contribution < -0.4 is 0 Å². The lowest BCUT2D eigenvalue weighted by atomic mass is 9.46. The Morgan fingerprint density at radius 3 is 1.48 bits per heavy atom. The molecule has 5 aliphatic rings. The third-order valence-electron chi connectivity index (χ3n) is 10.1. The molecule has 0 saturated heterocycles. The maximum Gasteiger partial charge on any atom is -0.0146 e. The Morgan fingerprint density at radius 1 is 0.600 bits per heavy atom. The van der Waals surface area contributed by atoms with E-state index in [1.807, 2.05) is 0 Å². The van der Waals surface area contributed by atoms with Crippen molar-refractivity contribution in [3.05, 3.63) is 12.2 Å². The molecule has 0 bridgehead atoms. The first-order valence-electron chi connectivity index (χ1n) is 11.8. The Hall–Kier alpha value is -0.260. The summed E-state index contributed by atoms with van der Waals surface area (Å²) in [5.74, 6) is 9.80. The summed E-state index contributed by atoms with van der Waals surface area (Å²) in [5.41, 5.74) is 1.74. The highest BCUT2D eigenvalue weighted by atomic mass is 14.6. The molecule has 0 spiro atoms. The van der Waals surface area contributed by atoms with Crippen LogP contribution in [0.4, 0.5) is 0 Å². The summed E-state index contributed by atoms with van der Waals surface area (Å²) in [6, 6.07) is 0. The molecule has 0 nitrogen and oxygen atoms in total. The van der Waals surface area contributed by atoms with E-state index < -0.39 is 0 Å². The van der Waals surface area contributed by atoms with E-state index >= 15 is 0 Å². The number of hydrogen-bond acceptors (Lipinski definition) is 0. The molecular formula is C25H40. The fraction of sp³-hybridized carbons (Fsp3) is 0.920. The number of hydrogen-bond donors (Lipinski definition) is 0. The van der Waals surface area contributed by atoms with Crippen molar-refractivity contribution in [1.29, 1.82) is 0 Å². The van der Waals surface area contributed by atoms with Gasteiger partial charge in [-0.2, -0.15) is 0 Å². The molecule has 0 aromatic heterocycles. The average Bonchev–Trinajstić information content (AvgIpc) is 2.61. The van der Waals surface area contributed by atoms with Gasteiger partial charge in [0.2, 0.25) is 0 Å². The lowest BCUT2D eigenvalue weighted by Gasteiger charge is -2.59. The third kappa shape index (κ3) is 2.60. The van der Waals surface area contributed by atoms with E-state index in [2.05, 4.69) is 13.8 Å². The molecule has 25 heavy (non-hydrogen) atoms. The van der Waals surface area contributed by atoms with Crippen LogP contribution in [-0.4, -0.2) is 0 Å². The maximum atomic E-state index is 4.86. The van der Waals surface area contributed by atoms with Gasteiger partial charge in [0.25, 0.3) is 0 Å². The van der Waals surface area contributed by atoms with Gasteiger partial charge in [0.05, 0.1) is 0 Å². The van der Waals surface area contributed by atoms with Crippen LogP contribution in [0.15, 0.2) is 12.2 Å². The largest absolute Gasteiger partial charge is 0.0993 e. The molecule has 140 valence electrons. The topological polar surface area (TPSA) is 0 Å². The Labute approximate surface area is 156 Å². The van der Waals surface area contributed by atoms with Gasteiger partial charge in [0.15, 0.2) is 0 Å². The molecule has 5 rings (SSSR count). The smallest absolute Gasteiger partial charge is 0.0146 e. The molecule has 5 aliphatic carbocycles. The van der Waals surface area contributed by atoms with Crippen LogP contribution in [0.1, 0.15) is 84.5 Å². The molecule has 0 heterocycles. The molecule has 0 amide bonds. The van der Waals surface area contributed by atoms with E-state index in [-0.39, 0.29) is 0 Å². The van der Waals surface area contributed by atoms with Crippen molar-refractivity contribution in [3.8, 4) is 0 Å². The Balaban J connectivity index is 1.42. The lowest BCUT2D eigenvalue weighted by Crippen LogP contribution is -2.51. The van der Waals surface area contributed by atoms with Gasteiger partial charge in [-0.1, -0.05) is 64.5 Å². The molecule has 0 radical (unpaired) electrons. The summed E-state index contributed by atoms with van der Waals surface area (Å²) in [6.07, 6.45) is 16.8. The van der Waals surface area contributed by atoms with Crippen LogP contribution in [0.2, 0.25) is 0 Å². The second-order valence-corrected chi connectivity index (χ2v) is 11.0. The van der Waals surface area contributed by atoms with Crippen LogP contribution in [0.3, 0.4) is 0 Å². The third-order valence-corrected chi connectivity index (χ3v) is 10.1. The molecule has 5 saturated carbocycles. The van der Waals surface area contributed by atoms with E-state index in [9.17, 15) is 0 Å². The van der Waals surface area contributed by atoms with E-state index in [0.717, 1.165) is 59.2 Å². The van der Waals surface area contributed by atoms with Gasteiger partial charge in [-0.15, -0.1) is 0 Å². The van der Waals surface area contributed by atoms with E-state index in [1.54, 1.807) is 37.7 Å². The molecule has 10 atom stereocenters. The van der Waals surface area contributed by atoms with E-state index in [1.165, 1.54) is 38.5 Å². The van der Waals surface area contributed by atoms with Crippen LogP contribution in [0.25, 0.3) is 0 Å². The summed E-state index contributed by atoms with van der Waals surface area (Å²) < 4.78 is 0.